The molecule has 102 valence electrons. The van der Waals surface area contributed by atoms with Gasteiger partial charge in [0.1, 0.15) is 0 Å². The summed E-state index contributed by atoms with van der Waals surface area (Å²) in [5.74, 6) is 0.823. The maximum absolute atomic E-state index is 13.8. The van der Waals surface area contributed by atoms with Gasteiger partial charge in [0.2, 0.25) is 0 Å². The average Bonchev–Trinajstić information content (AvgIpc) is 2.23. The number of rotatable bonds is 6. The zero-order valence-corrected chi connectivity index (χ0v) is 12.4. The molecule has 0 aliphatic carbocycles. The van der Waals surface area contributed by atoms with E-state index in [9.17, 15) is 4.39 Å². The third-order valence-corrected chi connectivity index (χ3v) is 3.11. The third-order valence-electron chi connectivity index (χ3n) is 2.82. The average molecular weight is 272 g/mol. The molecule has 3 heteroatoms. The van der Waals surface area contributed by atoms with Gasteiger partial charge < -0.3 is 5.32 Å². The molecular formula is C15H23ClFN. The summed E-state index contributed by atoms with van der Waals surface area (Å²) in [7, 11) is 0. The van der Waals surface area contributed by atoms with Crippen LogP contribution in [0.25, 0.3) is 0 Å². The van der Waals surface area contributed by atoms with Gasteiger partial charge in [-0.15, -0.1) is 0 Å². The maximum atomic E-state index is 13.8. The summed E-state index contributed by atoms with van der Waals surface area (Å²) in [4.78, 5) is 0. The van der Waals surface area contributed by atoms with Gasteiger partial charge in [-0.2, -0.15) is 0 Å². The van der Waals surface area contributed by atoms with Gasteiger partial charge in [0.25, 0.3) is 0 Å². The minimum absolute atomic E-state index is 0.174. The van der Waals surface area contributed by atoms with Gasteiger partial charge in [0, 0.05) is 6.04 Å². The number of hydrogen-bond acceptors (Lipinski definition) is 1. The van der Waals surface area contributed by atoms with Crippen LogP contribution < -0.4 is 5.32 Å². The van der Waals surface area contributed by atoms with Crippen LogP contribution in [0.1, 0.15) is 40.5 Å². The monoisotopic (exact) mass is 271 g/mol. The van der Waals surface area contributed by atoms with Crippen molar-refractivity contribution < 1.29 is 4.39 Å². The standard InChI is InChI=1S/C15H23ClFN/c1-10(2)8-12(9-11(3)4)18-14-7-5-6-13(16)15(14)17/h5-7,10-12,18H,8-9H2,1-4H3. The van der Waals surface area contributed by atoms with E-state index in [0.29, 0.717) is 17.5 Å². The SMILES string of the molecule is CC(C)CC(CC(C)C)Nc1cccc(Cl)c1F. The van der Waals surface area contributed by atoms with Gasteiger partial charge in [-0.25, -0.2) is 4.39 Å². The maximum Gasteiger partial charge on any atom is 0.164 e. The van der Waals surface area contributed by atoms with E-state index < -0.39 is 0 Å². The van der Waals surface area contributed by atoms with E-state index in [0.717, 1.165) is 12.8 Å². The number of hydrogen-bond donors (Lipinski definition) is 1. The lowest BCUT2D eigenvalue weighted by Gasteiger charge is -2.24. The summed E-state index contributed by atoms with van der Waals surface area (Å²) in [6, 6.07) is 5.38. The topological polar surface area (TPSA) is 12.0 Å². The van der Waals surface area contributed by atoms with E-state index in [1.807, 2.05) is 0 Å². The Labute approximate surface area is 115 Å². The Balaban J connectivity index is 2.78. The first-order chi connectivity index (χ1) is 8.40. The molecule has 0 fully saturated rings. The van der Waals surface area contributed by atoms with E-state index in [1.165, 1.54) is 0 Å². The van der Waals surface area contributed by atoms with Gasteiger partial charge in [-0.3, -0.25) is 0 Å². The van der Waals surface area contributed by atoms with Crippen LogP contribution in [0.3, 0.4) is 0 Å². The quantitative estimate of drug-likeness (QED) is 0.735. The molecule has 0 amide bonds. The van der Waals surface area contributed by atoms with Crippen molar-refractivity contribution in [2.45, 2.75) is 46.6 Å². The Bertz CT molecular complexity index is 367. The third kappa shape index (κ3) is 4.85. The highest BCUT2D eigenvalue weighted by Gasteiger charge is 2.15. The van der Waals surface area contributed by atoms with Crippen LogP contribution in [-0.2, 0) is 0 Å². The Morgan fingerprint density at radius 1 is 1.11 bits per heavy atom. The largest absolute Gasteiger partial charge is 0.380 e. The fourth-order valence-corrected chi connectivity index (χ4v) is 2.36. The number of halogens is 2. The van der Waals surface area contributed by atoms with E-state index in [-0.39, 0.29) is 16.9 Å². The molecule has 0 saturated heterocycles. The van der Waals surface area contributed by atoms with E-state index in [1.54, 1.807) is 18.2 Å². The van der Waals surface area contributed by atoms with Crippen molar-refractivity contribution in [1.29, 1.82) is 0 Å². The van der Waals surface area contributed by atoms with E-state index in [4.69, 9.17) is 11.6 Å². The normalized spacial score (nSPS) is 11.6. The summed E-state index contributed by atoms with van der Waals surface area (Å²) < 4.78 is 13.8. The van der Waals surface area contributed by atoms with Crippen LogP contribution in [0, 0.1) is 17.7 Å². The summed E-state index contributed by atoms with van der Waals surface area (Å²) in [6.45, 7) is 8.74. The summed E-state index contributed by atoms with van der Waals surface area (Å²) >= 11 is 5.79. The second kappa shape index (κ2) is 6.98. The first-order valence-corrected chi connectivity index (χ1v) is 6.98. The summed E-state index contributed by atoms with van der Waals surface area (Å²) in [5, 5.41) is 3.47. The van der Waals surface area contributed by atoms with E-state index in [2.05, 4.69) is 33.0 Å². The van der Waals surface area contributed by atoms with Crippen molar-refractivity contribution in [2.24, 2.45) is 11.8 Å². The van der Waals surface area contributed by atoms with Crippen LogP contribution in [0.5, 0.6) is 0 Å². The van der Waals surface area contributed by atoms with Gasteiger partial charge in [0.05, 0.1) is 10.7 Å². The molecule has 0 bridgehead atoms. The smallest absolute Gasteiger partial charge is 0.164 e. The Hall–Kier alpha value is -0.760. The molecule has 1 nitrogen and oxygen atoms in total. The summed E-state index contributed by atoms with van der Waals surface area (Å²) in [5.41, 5.74) is 0.508. The van der Waals surface area contributed by atoms with Gasteiger partial charge >= 0.3 is 0 Å². The molecule has 1 aromatic rings. The number of nitrogens with one attached hydrogen (secondary N) is 1. The lowest BCUT2D eigenvalue weighted by Crippen LogP contribution is -2.24. The van der Waals surface area contributed by atoms with E-state index >= 15 is 0 Å². The second-order valence-electron chi connectivity index (χ2n) is 5.70. The first-order valence-electron chi connectivity index (χ1n) is 6.60. The highest BCUT2D eigenvalue weighted by molar-refractivity contribution is 6.31. The lowest BCUT2D eigenvalue weighted by molar-refractivity contribution is 0.440. The fourth-order valence-electron chi connectivity index (χ4n) is 2.19. The van der Waals surface area contributed by atoms with Crippen LogP contribution in [0.4, 0.5) is 10.1 Å². The van der Waals surface area contributed by atoms with Crippen molar-refractivity contribution in [3.05, 3.63) is 29.0 Å². The molecule has 0 atom stereocenters. The zero-order chi connectivity index (χ0) is 13.7. The molecule has 0 aliphatic rings. The highest BCUT2D eigenvalue weighted by atomic mass is 35.5. The predicted octanol–water partition coefficient (Wildman–Crippen LogP) is 5.35. The predicted molar refractivity (Wildman–Crippen MR) is 77.7 cm³/mol. The molecule has 1 N–H and O–H groups in total. The van der Waals surface area contributed by atoms with Crippen LogP contribution in [0.15, 0.2) is 18.2 Å². The van der Waals surface area contributed by atoms with Crippen LogP contribution >= 0.6 is 11.6 Å². The van der Waals surface area contributed by atoms with Crippen LogP contribution in [-0.4, -0.2) is 6.04 Å². The molecule has 0 heterocycles. The summed E-state index contributed by atoms with van der Waals surface area (Å²) in [6.07, 6.45) is 2.06. The first kappa shape index (κ1) is 15.3. The van der Waals surface area contributed by atoms with Gasteiger partial charge in [-0.05, 0) is 36.8 Å². The molecular weight excluding hydrogens is 249 g/mol. The molecule has 1 aromatic carbocycles. The van der Waals surface area contributed by atoms with Crippen LogP contribution in [0.2, 0.25) is 5.02 Å². The van der Waals surface area contributed by atoms with Crippen molar-refractivity contribution >= 4 is 17.3 Å². The highest BCUT2D eigenvalue weighted by Crippen LogP contribution is 2.25. The molecule has 0 radical (unpaired) electrons. The van der Waals surface area contributed by atoms with Crippen molar-refractivity contribution in [3.63, 3.8) is 0 Å². The molecule has 0 unspecified atom stereocenters. The van der Waals surface area contributed by atoms with Crippen molar-refractivity contribution in [1.82, 2.24) is 0 Å². The molecule has 0 spiro atoms. The minimum Gasteiger partial charge on any atom is -0.380 e. The van der Waals surface area contributed by atoms with Crippen molar-refractivity contribution in [2.75, 3.05) is 5.32 Å². The Morgan fingerprint density at radius 2 is 1.67 bits per heavy atom. The molecule has 0 aliphatic heterocycles. The minimum atomic E-state index is -0.350. The zero-order valence-electron chi connectivity index (χ0n) is 11.6. The Morgan fingerprint density at radius 3 is 2.17 bits per heavy atom. The fraction of sp³-hybridized carbons (Fsp3) is 0.600. The molecule has 18 heavy (non-hydrogen) atoms. The second-order valence-corrected chi connectivity index (χ2v) is 6.11. The molecule has 0 aromatic heterocycles. The number of anilines is 1. The van der Waals surface area contributed by atoms with Crippen molar-refractivity contribution in [3.8, 4) is 0 Å². The molecule has 1 rings (SSSR count). The van der Waals surface area contributed by atoms with Gasteiger partial charge in [0.15, 0.2) is 5.82 Å². The Kier molecular flexibility index (Phi) is 5.94. The molecule has 0 saturated carbocycles. The number of benzene rings is 1. The van der Waals surface area contributed by atoms with Gasteiger partial charge in [-0.1, -0.05) is 45.4 Å². The lowest BCUT2D eigenvalue weighted by atomic mass is 9.95.